The Balaban J connectivity index is 1.80. The number of ether oxygens (including phenoxy) is 1. The summed E-state index contributed by atoms with van der Waals surface area (Å²) in [5, 5.41) is 18.1. The third-order valence-corrected chi connectivity index (χ3v) is 11.1. The molecule has 0 bridgehead atoms. The first-order valence-corrected chi connectivity index (χ1v) is 19.6. The predicted octanol–water partition coefficient (Wildman–Crippen LogP) is 5.95. The van der Waals surface area contributed by atoms with Crippen molar-refractivity contribution in [1.29, 1.82) is 0 Å². The summed E-state index contributed by atoms with van der Waals surface area (Å²) in [5.41, 5.74) is 1.25. The van der Waals surface area contributed by atoms with Gasteiger partial charge < -0.3 is 25.4 Å². The van der Waals surface area contributed by atoms with E-state index in [4.69, 9.17) is 9.72 Å². The lowest BCUT2D eigenvalue weighted by Crippen LogP contribution is -2.58. The molecule has 51 heavy (non-hydrogen) atoms. The summed E-state index contributed by atoms with van der Waals surface area (Å²) in [6.07, 6.45) is 5.16. The molecule has 3 N–H and O–H groups in total. The number of carboxylic acid groups (broad SMARTS) is 1. The number of nitrogens with one attached hydrogen (secondary N) is 2. The molecule has 2 aromatic rings. The summed E-state index contributed by atoms with van der Waals surface area (Å²) in [4.78, 5) is 61.4. The standard InChI is InChI=1S/C39H61N5O6S/c1-9-20-50-33(37-41-30(24-51-37)35(45)40-29(21-27(6)39(48)49)22-28-16-12-11-13-17-28)23-32(25(3)4)44(8)38(47)34(26(5)10-2)42-36(46)31-18-14-15-19-43(31)7/h11-13,16-17,24-27,29,31-34H,9-10,14-15,18-23H2,1-8H3,(H,40,45)(H,42,46)(H,48,49)/t26-,27?,29?,31?,32+,33+,34-/m0/s1. The number of aliphatic carboxylic acids is 1. The van der Waals surface area contributed by atoms with Gasteiger partial charge in [0.1, 0.15) is 22.8 Å². The van der Waals surface area contributed by atoms with E-state index in [1.165, 1.54) is 11.3 Å². The van der Waals surface area contributed by atoms with Crippen molar-refractivity contribution in [3.05, 3.63) is 52.0 Å². The van der Waals surface area contributed by atoms with Gasteiger partial charge in [0.05, 0.1) is 12.0 Å². The largest absolute Gasteiger partial charge is 0.481 e. The summed E-state index contributed by atoms with van der Waals surface area (Å²) in [7, 11) is 3.78. The molecule has 2 heterocycles. The molecule has 1 aliphatic heterocycles. The summed E-state index contributed by atoms with van der Waals surface area (Å²) < 4.78 is 6.34. The van der Waals surface area contributed by atoms with Gasteiger partial charge in [0.25, 0.3) is 5.91 Å². The monoisotopic (exact) mass is 727 g/mol. The Morgan fingerprint density at radius 2 is 1.76 bits per heavy atom. The quantitative estimate of drug-likeness (QED) is 0.152. The van der Waals surface area contributed by atoms with Gasteiger partial charge in [-0.05, 0) is 63.1 Å². The van der Waals surface area contributed by atoms with Gasteiger partial charge in [0.2, 0.25) is 11.8 Å². The highest BCUT2D eigenvalue weighted by Crippen LogP contribution is 2.31. The Morgan fingerprint density at radius 3 is 2.37 bits per heavy atom. The lowest BCUT2D eigenvalue weighted by atomic mass is 9.92. The zero-order valence-electron chi connectivity index (χ0n) is 31.9. The molecule has 3 unspecified atom stereocenters. The lowest BCUT2D eigenvalue weighted by molar-refractivity contribution is -0.141. The number of carbonyl (C=O) groups excluding carboxylic acids is 3. The predicted molar refractivity (Wildman–Crippen MR) is 202 cm³/mol. The number of hydrogen-bond donors (Lipinski definition) is 3. The van der Waals surface area contributed by atoms with Crippen LogP contribution in [0, 0.1) is 17.8 Å². The molecule has 3 rings (SSSR count). The van der Waals surface area contributed by atoms with E-state index in [9.17, 15) is 24.3 Å². The fraction of sp³-hybridized carbons (Fsp3) is 0.667. The Kier molecular flexibility index (Phi) is 17.0. The second-order valence-electron chi connectivity index (χ2n) is 14.6. The number of carboxylic acids is 1. The zero-order valence-corrected chi connectivity index (χ0v) is 32.7. The number of rotatable bonds is 20. The van der Waals surface area contributed by atoms with Crippen LogP contribution in [0.3, 0.4) is 0 Å². The third-order valence-electron chi connectivity index (χ3n) is 10.2. The van der Waals surface area contributed by atoms with E-state index < -0.39 is 30.1 Å². The van der Waals surface area contributed by atoms with E-state index in [-0.39, 0.29) is 53.8 Å². The van der Waals surface area contributed by atoms with Crippen LogP contribution in [0.25, 0.3) is 0 Å². The van der Waals surface area contributed by atoms with Gasteiger partial charge in [-0.15, -0.1) is 11.3 Å². The first-order valence-electron chi connectivity index (χ1n) is 18.7. The molecule has 7 atom stereocenters. The highest BCUT2D eigenvalue weighted by Gasteiger charge is 2.37. The normalized spacial score (nSPS) is 18.6. The van der Waals surface area contributed by atoms with Gasteiger partial charge >= 0.3 is 5.97 Å². The number of likely N-dealkylation sites (N-methyl/N-ethyl adjacent to an activating group) is 2. The summed E-state index contributed by atoms with van der Waals surface area (Å²) >= 11 is 1.34. The number of carbonyl (C=O) groups is 4. The fourth-order valence-electron chi connectivity index (χ4n) is 6.74. The van der Waals surface area contributed by atoms with Gasteiger partial charge in [-0.2, -0.15) is 0 Å². The molecule has 3 amide bonds. The number of thiazole rings is 1. The molecule has 0 spiro atoms. The van der Waals surface area contributed by atoms with E-state index in [1.807, 2.05) is 65.2 Å². The van der Waals surface area contributed by atoms with Crippen molar-refractivity contribution >= 4 is 35.0 Å². The van der Waals surface area contributed by atoms with Gasteiger partial charge in [-0.25, -0.2) is 4.98 Å². The van der Waals surface area contributed by atoms with Crippen molar-refractivity contribution < 1.29 is 29.0 Å². The Hall–Kier alpha value is -3.35. The minimum absolute atomic E-state index is 0.0537. The average molecular weight is 728 g/mol. The number of amides is 3. The Labute approximate surface area is 308 Å². The van der Waals surface area contributed by atoms with Crippen molar-refractivity contribution in [2.75, 3.05) is 27.2 Å². The second-order valence-corrected chi connectivity index (χ2v) is 15.5. The van der Waals surface area contributed by atoms with Crippen molar-refractivity contribution in [2.24, 2.45) is 17.8 Å². The van der Waals surface area contributed by atoms with Crippen LogP contribution in [0.1, 0.15) is 114 Å². The maximum absolute atomic E-state index is 14.2. The van der Waals surface area contributed by atoms with E-state index in [1.54, 1.807) is 17.2 Å². The molecule has 12 heteroatoms. The highest BCUT2D eigenvalue weighted by molar-refractivity contribution is 7.09. The van der Waals surface area contributed by atoms with Crippen LogP contribution >= 0.6 is 11.3 Å². The topological polar surface area (TPSA) is 141 Å². The molecular formula is C39H61N5O6S. The number of likely N-dealkylation sites (tertiary alicyclic amines) is 1. The molecule has 1 saturated heterocycles. The number of hydrogen-bond acceptors (Lipinski definition) is 8. The zero-order chi connectivity index (χ0) is 37.7. The van der Waals surface area contributed by atoms with E-state index in [2.05, 4.69) is 29.4 Å². The summed E-state index contributed by atoms with van der Waals surface area (Å²) in [6.45, 7) is 13.2. The molecule has 1 aromatic carbocycles. The lowest BCUT2D eigenvalue weighted by Gasteiger charge is -2.38. The maximum Gasteiger partial charge on any atom is 0.306 e. The maximum atomic E-state index is 14.2. The Bertz CT molecular complexity index is 1400. The van der Waals surface area contributed by atoms with E-state index >= 15 is 0 Å². The highest BCUT2D eigenvalue weighted by atomic mass is 32.1. The first kappa shape index (κ1) is 42.1. The van der Waals surface area contributed by atoms with Crippen LogP contribution in [0.15, 0.2) is 35.7 Å². The van der Waals surface area contributed by atoms with Crippen molar-refractivity contribution in [3.8, 4) is 0 Å². The fourth-order valence-corrected chi connectivity index (χ4v) is 7.60. The molecule has 0 aliphatic carbocycles. The van der Waals surface area contributed by atoms with Gasteiger partial charge in [-0.1, -0.05) is 84.7 Å². The molecule has 0 radical (unpaired) electrons. The van der Waals surface area contributed by atoms with Gasteiger partial charge in [-0.3, -0.25) is 24.1 Å². The van der Waals surface area contributed by atoms with Crippen LogP contribution in [0.5, 0.6) is 0 Å². The molecule has 284 valence electrons. The molecule has 1 aromatic heterocycles. The Morgan fingerprint density at radius 1 is 1.06 bits per heavy atom. The molecule has 0 saturated carbocycles. The minimum atomic E-state index is -0.910. The molecule has 1 aliphatic rings. The molecule has 1 fully saturated rings. The number of piperidine rings is 1. The van der Waals surface area contributed by atoms with Gasteiger partial charge in [0.15, 0.2) is 0 Å². The number of benzene rings is 1. The first-order chi connectivity index (χ1) is 24.3. The summed E-state index contributed by atoms with van der Waals surface area (Å²) in [6, 6.07) is 8.17. The minimum Gasteiger partial charge on any atom is -0.481 e. The smallest absolute Gasteiger partial charge is 0.306 e. The number of nitrogens with zero attached hydrogens (tertiary/aromatic N) is 3. The van der Waals surface area contributed by atoms with Crippen molar-refractivity contribution in [3.63, 3.8) is 0 Å². The van der Waals surface area contributed by atoms with Gasteiger partial charge in [0, 0.05) is 37.5 Å². The second kappa shape index (κ2) is 20.6. The SMILES string of the molecule is CCCO[C@H](C[C@H](C(C)C)N(C)C(=O)[C@@H](NC(=O)C1CCCCN1C)[C@@H](C)CC)c1nc(C(=O)NC(Cc2ccccc2)CC(C)C(=O)O)cs1. The van der Waals surface area contributed by atoms with Crippen LogP contribution in [0.2, 0.25) is 0 Å². The van der Waals surface area contributed by atoms with Crippen LogP contribution in [-0.4, -0.2) is 95.0 Å². The van der Waals surface area contributed by atoms with Crippen LogP contribution in [0.4, 0.5) is 0 Å². The van der Waals surface area contributed by atoms with Crippen LogP contribution < -0.4 is 10.6 Å². The molecule has 11 nitrogen and oxygen atoms in total. The number of aromatic nitrogens is 1. The van der Waals surface area contributed by atoms with E-state index in [0.29, 0.717) is 24.5 Å². The van der Waals surface area contributed by atoms with Crippen LogP contribution in [-0.2, 0) is 25.5 Å². The van der Waals surface area contributed by atoms with Crippen molar-refractivity contribution in [1.82, 2.24) is 25.4 Å². The van der Waals surface area contributed by atoms with Crippen molar-refractivity contribution in [2.45, 2.75) is 123 Å². The molecular weight excluding hydrogens is 667 g/mol. The summed E-state index contributed by atoms with van der Waals surface area (Å²) in [5.74, 6) is -2.11. The third kappa shape index (κ3) is 12.4. The average Bonchev–Trinajstić information content (AvgIpc) is 3.60. The van der Waals surface area contributed by atoms with E-state index in [0.717, 1.165) is 44.2 Å².